The molecule has 0 saturated carbocycles. The van der Waals surface area contributed by atoms with Crippen LogP contribution in [0.1, 0.15) is 35.5 Å². The molecule has 36 heavy (non-hydrogen) atoms. The Hall–Kier alpha value is -4.13. The minimum absolute atomic E-state index is 0.240. The summed E-state index contributed by atoms with van der Waals surface area (Å²) in [6.07, 6.45) is 7.95. The van der Waals surface area contributed by atoms with Gasteiger partial charge in [0.25, 0.3) is 0 Å². The first-order chi connectivity index (χ1) is 17.5. The van der Waals surface area contributed by atoms with E-state index in [2.05, 4.69) is 4.98 Å². The highest BCUT2D eigenvalue weighted by molar-refractivity contribution is 5.92. The highest BCUT2D eigenvalue weighted by Gasteiger charge is 2.36. The molecule has 0 bridgehead atoms. The standard InChI is InChI=1S/C29H30N2O5/c1-4-5-7-12-26(32)31-17-15-21-13-14-23(19-24(21)27(31)29(33)34-3)35-18-16-25-20(2)36-28(30-25)22-10-8-6-9-11-22/h4-14,19,27H,15-18H2,1-3H3. The van der Waals surface area contributed by atoms with Crippen LogP contribution in [0.3, 0.4) is 0 Å². The third kappa shape index (κ3) is 5.57. The fourth-order valence-electron chi connectivity index (χ4n) is 4.26. The molecule has 2 aromatic carbocycles. The number of ether oxygens (including phenoxy) is 2. The minimum atomic E-state index is -0.823. The monoisotopic (exact) mass is 486 g/mol. The number of oxazole rings is 1. The van der Waals surface area contributed by atoms with Crippen LogP contribution >= 0.6 is 0 Å². The maximum absolute atomic E-state index is 12.8. The molecular weight excluding hydrogens is 456 g/mol. The van der Waals surface area contributed by atoms with Crippen molar-refractivity contribution in [3.8, 4) is 17.2 Å². The van der Waals surface area contributed by atoms with Gasteiger partial charge in [-0.3, -0.25) is 4.79 Å². The number of nitrogens with zero attached hydrogens (tertiary/aromatic N) is 2. The van der Waals surface area contributed by atoms with Crippen LogP contribution in [0.25, 0.3) is 11.5 Å². The zero-order chi connectivity index (χ0) is 25.5. The quantitative estimate of drug-likeness (QED) is 0.253. The van der Waals surface area contributed by atoms with Crippen LogP contribution in [0.2, 0.25) is 0 Å². The largest absolute Gasteiger partial charge is 0.493 e. The van der Waals surface area contributed by atoms with Crippen LogP contribution in [-0.4, -0.2) is 42.0 Å². The second-order valence-electron chi connectivity index (χ2n) is 8.44. The second-order valence-corrected chi connectivity index (χ2v) is 8.44. The van der Waals surface area contributed by atoms with E-state index < -0.39 is 12.0 Å². The van der Waals surface area contributed by atoms with E-state index in [-0.39, 0.29) is 5.91 Å². The van der Waals surface area contributed by atoms with Crippen LogP contribution in [0, 0.1) is 6.92 Å². The van der Waals surface area contributed by atoms with Gasteiger partial charge >= 0.3 is 5.97 Å². The van der Waals surface area contributed by atoms with E-state index in [1.54, 1.807) is 17.1 Å². The number of amides is 1. The third-order valence-corrected chi connectivity index (χ3v) is 6.12. The molecule has 0 N–H and O–H groups in total. The van der Waals surface area contributed by atoms with Crippen molar-refractivity contribution in [2.24, 2.45) is 0 Å². The molecule has 1 aromatic heterocycles. The van der Waals surface area contributed by atoms with Crippen LogP contribution in [-0.2, 0) is 27.2 Å². The lowest BCUT2D eigenvalue weighted by Crippen LogP contribution is -2.43. The van der Waals surface area contributed by atoms with E-state index in [0.29, 0.717) is 37.6 Å². The van der Waals surface area contributed by atoms with Crippen molar-refractivity contribution < 1.29 is 23.5 Å². The number of benzene rings is 2. The molecular formula is C29H30N2O5. The van der Waals surface area contributed by atoms with Gasteiger partial charge in [-0.15, -0.1) is 0 Å². The Kier molecular flexibility index (Phi) is 8.00. The van der Waals surface area contributed by atoms with E-state index >= 15 is 0 Å². The number of aryl methyl sites for hydroxylation is 1. The summed E-state index contributed by atoms with van der Waals surface area (Å²) >= 11 is 0. The van der Waals surface area contributed by atoms with Crippen molar-refractivity contribution in [1.82, 2.24) is 9.88 Å². The van der Waals surface area contributed by atoms with Gasteiger partial charge in [0.05, 0.1) is 19.4 Å². The zero-order valence-corrected chi connectivity index (χ0v) is 20.8. The molecule has 7 nitrogen and oxygen atoms in total. The van der Waals surface area contributed by atoms with Gasteiger partial charge in [-0.05, 0) is 55.7 Å². The highest BCUT2D eigenvalue weighted by Crippen LogP contribution is 2.34. The molecule has 3 aromatic rings. The van der Waals surface area contributed by atoms with E-state index in [4.69, 9.17) is 13.9 Å². The SMILES string of the molecule is CC=CC=CC(=O)N1CCc2ccc(OCCc3nc(-c4ccccc4)oc3C)cc2C1C(=O)OC. The number of allylic oxidation sites excluding steroid dienone is 3. The van der Waals surface area contributed by atoms with Gasteiger partial charge in [-0.1, -0.05) is 42.5 Å². The van der Waals surface area contributed by atoms with Crippen LogP contribution in [0.5, 0.6) is 5.75 Å². The van der Waals surface area contributed by atoms with Crippen LogP contribution < -0.4 is 4.74 Å². The Labute approximate surface area is 211 Å². The fourth-order valence-corrected chi connectivity index (χ4v) is 4.26. The number of aromatic nitrogens is 1. The molecule has 4 rings (SSSR count). The molecule has 0 spiro atoms. The molecule has 0 radical (unpaired) electrons. The van der Waals surface area contributed by atoms with Crippen molar-refractivity contribution in [2.75, 3.05) is 20.3 Å². The summed E-state index contributed by atoms with van der Waals surface area (Å²) < 4.78 is 16.9. The first-order valence-corrected chi connectivity index (χ1v) is 12.0. The Morgan fingerprint density at radius 1 is 1.17 bits per heavy atom. The van der Waals surface area contributed by atoms with Gasteiger partial charge < -0.3 is 18.8 Å². The number of carbonyl (C=O) groups is 2. The smallest absolute Gasteiger partial charge is 0.333 e. The van der Waals surface area contributed by atoms with Crippen molar-refractivity contribution in [3.63, 3.8) is 0 Å². The number of esters is 1. The number of hydrogen-bond donors (Lipinski definition) is 0. The summed E-state index contributed by atoms with van der Waals surface area (Å²) in [5, 5.41) is 0. The van der Waals surface area contributed by atoms with Crippen LogP contribution in [0.4, 0.5) is 0 Å². The number of hydrogen-bond acceptors (Lipinski definition) is 6. The van der Waals surface area contributed by atoms with Gasteiger partial charge in [-0.2, -0.15) is 0 Å². The predicted octanol–water partition coefficient (Wildman–Crippen LogP) is 5.00. The predicted molar refractivity (Wildman–Crippen MR) is 136 cm³/mol. The van der Waals surface area contributed by atoms with Gasteiger partial charge in [0.15, 0.2) is 6.04 Å². The van der Waals surface area contributed by atoms with E-state index in [1.165, 1.54) is 13.2 Å². The molecule has 0 aliphatic carbocycles. The summed E-state index contributed by atoms with van der Waals surface area (Å²) in [6, 6.07) is 14.6. The lowest BCUT2D eigenvalue weighted by Gasteiger charge is -2.35. The summed E-state index contributed by atoms with van der Waals surface area (Å²) in [6.45, 7) is 4.58. The van der Waals surface area contributed by atoms with E-state index in [0.717, 1.165) is 28.1 Å². The first-order valence-electron chi connectivity index (χ1n) is 12.0. The summed E-state index contributed by atoms with van der Waals surface area (Å²) in [5.41, 5.74) is 3.49. The third-order valence-electron chi connectivity index (χ3n) is 6.12. The zero-order valence-electron chi connectivity index (χ0n) is 20.8. The maximum Gasteiger partial charge on any atom is 0.333 e. The molecule has 1 aliphatic rings. The summed E-state index contributed by atoms with van der Waals surface area (Å²) in [4.78, 5) is 31.7. The molecule has 0 saturated heterocycles. The summed E-state index contributed by atoms with van der Waals surface area (Å²) in [5.74, 6) is 1.24. The molecule has 7 heteroatoms. The molecule has 0 fully saturated rings. The Morgan fingerprint density at radius 3 is 2.72 bits per heavy atom. The Balaban J connectivity index is 1.48. The molecule has 1 atom stereocenters. The minimum Gasteiger partial charge on any atom is -0.493 e. The maximum atomic E-state index is 12.8. The van der Waals surface area contributed by atoms with Crippen LogP contribution in [0.15, 0.2) is 77.3 Å². The van der Waals surface area contributed by atoms with Crippen molar-refractivity contribution in [1.29, 1.82) is 0 Å². The molecule has 2 heterocycles. The fraction of sp³-hybridized carbons (Fsp3) is 0.276. The number of fused-ring (bicyclic) bond motifs is 1. The Bertz CT molecular complexity index is 1280. The Morgan fingerprint density at radius 2 is 1.97 bits per heavy atom. The van der Waals surface area contributed by atoms with Crippen molar-refractivity contribution in [2.45, 2.75) is 32.7 Å². The van der Waals surface area contributed by atoms with Crippen molar-refractivity contribution in [3.05, 3.63) is 95.4 Å². The number of methoxy groups -OCH3 is 1. The van der Waals surface area contributed by atoms with Gasteiger partial charge in [-0.25, -0.2) is 9.78 Å². The van der Waals surface area contributed by atoms with Gasteiger partial charge in [0.1, 0.15) is 11.5 Å². The average molecular weight is 487 g/mol. The average Bonchev–Trinajstić information content (AvgIpc) is 3.28. The molecule has 1 aliphatic heterocycles. The second kappa shape index (κ2) is 11.5. The van der Waals surface area contributed by atoms with Gasteiger partial charge in [0, 0.05) is 24.6 Å². The normalized spacial score (nSPS) is 15.3. The molecule has 1 amide bonds. The lowest BCUT2D eigenvalue weighted by atomic mass is 9.92. The van der Waals surface area contributed by atoms with E-state index in [9.17, 15) is 9.59 Å². The molecule has 186 valence electrons. The van der Waals surface area contributed by atoms with Crippen molar-refractivity contribution >= 4 is 11.9 Å². The number of rotatable bonds is 8. The van der Waals surface area contributed by atoms with Gasteiger partial charge in [0.2, 0.25) is 11.8 Å². The highest BCUT2D eigenvalue weighted by atomic mass is 16.5. The molecule has 1 unspecified atom stereocenters. The number of carbonyl (C=O) groups excluding carboxylic acids is 2. The topological polar surface area (TPSA) is 81.9 Å². The van der Waals surface area contributed by atoms with E-state index in [1.807, 2.05) is 68.5 Å². The first kappa shape index (κ1) is 25.0. The summed E-state index contributed by atoms with van der Waals surface area (Å²) in [7, 11) is 1.33. The lowest BCUT2D eigenvalue weighted by molar-refractivity contribution is -0.152.